The molecule has 2 heteroatoms. The molecular weight excluding hydrogens is 182 g/mol. The summed E-state index contributed by atoms with van der Waals surface area (Å²) in [4.78, 5) is 0. The van der Waals surface area contributed by atoms with E-state index in [4.69, 9.17) is 0 Å². The molecule has 0 N–H and O–H groups in total. The molecule has 0 heterocycles. The van der Waals surface area contributed by atoms with Crippen LogP contribution in [0.25, 0.3) is 0 Å². The molecule has 0 nitrogen and oxygen atoms in total. The van der Waals surface area contributed by atoms with Crippen molar-refractivity contribution in [1.82, 2.24) is 0 Å². The van der Waals surface area contributed by atoms with Gasteiger partial charge in [-0.15, -0.1) is 0 Å². The van der Waals surface area contributed by atoms with Gasteiger partial charge < -0.3 is 0 Å². The van der Waals surface area contributed by atoms with Crippen LogP contribution >= 0.6 is 0 Å². The summed E-state index contributed by atoms with van der Waals surface area (Å²) in [5.41, 5.74) is -0.0171. The molecule has 1 saturated carbocycles. The summed E-state index contributed by atoms with van der Waals surface area (Å²) in [5, 5.41) is 0. The lowest BCUT2D eigenvalue weighted by atomic mass is 9.59. The summed E-state index contributed by atoms with van der Waals surface area (Å²) in [6, 6.07) is 0. The standard InChI is InChI=1S/C12H22F2/c1-5-6-12(4)8(2)7-10(13)11(14)9(12)3/h8-11H,5-7H2,1-4H3. The summed E-state index contributed by atoms with van der Waals surface area (Å²) < 4.78 is 26.9. The Morgan fingerprint density at radius 3 is 2.36 bits per heavy atom. The lowest BCUT2D eigenvalue weighted by molar-refractivity contribution is -0.0559. The molecule has 5 atom stereocenters. The second-order valence-electron chi connectivity index (χ2n) is 5.14. The lowest BCUT2D eigenvalue weighted by Crippen LogP contribution is -2.47. The van der Waals surface area contributed by atoms with Crippen LogP contribution in [0.4, 0.5) is 8.78 Å². The Hall–Kier alpha value is -0.140. The third-order valence-electron chi connectivity index (χ3n) is 4.36. The van der Waals surface area contributed by atoms with Crippen LogP contribution in [0.5, 0.6) is 0 Å². The average Bonchev–Trinajstić information content (AvgIpc) is 2.13. The number of alkyl halides is 2. The number of hydrogen-bond acceptors (Lipinski definition) is 0. The van der Waals surface area contributed by atoms with Gasteiger partial charge in [0.05, 0.1) is 0 Å². The minimum atomic E-state index is -1.26. The molecule has 0 aromatic carbocycles. The molecule has 1 aliphatic carbocycles. The predicted octanol–water partition coefficient (Wildman–Crippen LogP) is 4.14. The maximum Gasteiger partial charge on any atom is 0.134 e. The van der Waals surface area contributed by atoms with E-state index in [1.807, 2.05) is 6.92 Å². The zero-order valence-electron chi connectivity index (χ0n) is 9.69. The second kappa shape index (κ2) is 4.16. The summed E-state index contributed by atoms with van der Waals surface area (Å²) in [6.45, 7) is 8.15. The van der Waals surface area contributed by atoms with Crippen molar-refractivity contribution in [2.24, 2.45) is 17.3 Å². The largest absolute Gasteiger partial charge is 0.244 e. The van der Waals surface area contributed by atoms with Crippen LogP contribution in [-0.4, -0.2) is 12.3 Å². The molecule has 0 aromatic heterocycles. The normalized spacial score (nSPS) is 49.3. The molecule has 0 spiro atoms. The van der Waals surface area contributed by atoms with Gasteiger partial charge >= 0.3 is 0 Å². The van der Waals surface area contributed by atoms with Crippen LogP contribution in [0.1, 0.15) is 47.0 Å². The van der Waals surface area contributed by atoms with Gasteiger partial charge in [0.15, 0.2) is 0 Å². The zero-order valence-corrected chi connectivity index (χ0v) is 9.69. The Morgan fingerprint density at radius 1 is 1.29 bits per heavy atom. The van der Waals surface area contributed by atoms with Crippen molar-refractivity contribution < 1.29 is 8.78 Å². The van der Waals surface area contributed by atoms with Crippen molar-refractivity contribution in [3.63, 3.8) is 0 Å². The molecule has 0 amide bonds. The first-order valence-electron chi connectivity index (χ1n) is 5.71. The maximum absolute atomic E-state index is 13.6. The van der Waals surface area contributed by atoms with Crippen molar-refractivity contribution in [2.45, 2.75) is 59.3 Å². The Balaban J connectivity index is 2.82. The van der Waals surface area contributed by atoms with Crippen molar-refractivity contribution in [3.05, 3.63) is 0 Å². The molecule has 5 unspecified atom stereocenters. The number of rotatable bonds is 2. The summed E-state index contributed by atoms with van der Waals surface area (Å²) in [7, 11) is 0. The first kappa shape index (κ1) is 11.9. The predicted molar refractivity (Wildman–Crippen MR) is 55.8 cm³/mol. The van der Waals surface area contributed by atoms with E-state index in [-0.39, 0.29) is 11.3 Å². The first-order valence-corrected chi connectivity index (χ1v) is 5.71. The molecule has 14 heavy (non-hydrogen) atoms. The van der Waals surface area contributed by atoms with E-state index in [9.17, 15) is 8.78 Å². The van der Waals surface area contributed by atoms with Gasteiger partial charge in [-0.1, -0.05) is 34.1 Å². The third-order valence-corrected chi connectivity index (χ3v) is 4.36. The highest BCUT2D eigenvalue weighted by molar-refractivity contribution is 4.96. The molecule has 0 radical (unpaired) electrons. The van der Waals surface area contributed by atoms with Crippen LogP contribution in [0.15, 0.2) is 0 Å². The minimum Gasteiger partial charge on any atom is -0.244 e. The monoisotopic (exact) mass is 204 g/mol. The summed E-state index contributed by atoms with van der Waals surface area (Å²) in [6.07, 6.45) is -0.0630. The van der Waals surface area contributed by atoms with Crippen LogP contribution < -0.4 is 0 Å². The van der Waals surface area contributed by atoms with E-state index in [1.54, 1.807) is 0 Å². The van der Waals surface area contributed by atoms with Gasteiger partial charge in [0.1, 0.15) is 12.3 Å². The number of halogens is 2. The van der Waals surface area contributed by atoms with Crippen LogP contribution in [0, 0.1) is 17.3 Å². The van der Waals surface area contributed by atoms with Crippen molar-refractivity contribution >= 4 is 0 Å². The van der Waals surface area contributed by atoms with Crippen LogP contribution in [0.3, 0.4) is 0 Å². The summed E-state index contributed by atoms with van der Waals surface area (Å²) >= 11 is 0. The second-order valence-corrected chi connectivity index (χ2v) is 5.14. The van der Waals surface area contributed by atoms with Crippen LogP contribution in [0.2, 0.25) is 0 Å². The molecular formula is C12H22F2. The number of hydrogen-bond donors (Lipinski definition) is 0. The highest BCUT2D eigenvalue weighted by Gasteiger charge is 2.48. The van der Waals surface area contributed by atoms with Gasteiger partial charge in [-0.25, -0.2) is 8.78 Å². The van der Waals surface area contributed by atoms with Gasteiger partial charge in [0.2, 0.25) is 0 Å². The SMILES string of the molecule is CCCC1(C)C(C)CC(F)C(F)C1C. The Bertz CT molecular complexity index is 193. The molecule has 0 bridgehead atoms. The van der Waals surface area contributed by atoms with Gasteiger partial charge in [-0.2, -0.15) is 0 Å². The van der Waals surface area contributed by atoms with Gasteiger partial charge in [0, 0.05) is 0 Å². The van der Waals surface area contributed by atoms with E-state index in [2.05, 4.69) is 20.8 Å². The quantitative estimate of drug-likeness (QED) is 0.634. The fourth-order valence-corrected chi connectivity index (χ4v) is 2.88. The lowest BCUT2D eigenvalue weighted by Gasteiger charge is -2.48. The summed E-state index contributed by atoms with van der Waals surface area (Å²) in [5.74, 6) is 0.139. The highest BCUT2D eigenvalue weighted by Crippen LogP contribution is 2.49. The van der Waals surface area contributed by atoms with Crippen molar-refractivity contribution in [2.75, 3.05) is 0 Å². The molecule has 0 saturated heterocycles. The van der Waals surface area contributed by atoms with Gasteiger partial charge in [-0.05, 0) is 30.1 Å². The smallest absolute Gasteiger partial charge is 0.134 e. The van der Waals surface area contributed by atoms with E-state index >= 15 is 0 Å². The fraction of sp³-hybridized carbons (Fsp3) is 1.00. The Labute approximate surface area is 86.1 Å². The molecule has 0 aliphatic heterocycles. The third kappa shape index (κ3) is 1.80. The van der Waals surface area contributed by atoms with E-state index in [0.717, 1.165) is 12.8 Å². The first-order chi connectivity index (χ1) is 6.43. The average molecular weight is 204 g/mol. The van der Waals surface area contributed by atoms with Crippen molar-refractivity contribution in [3.8, 4) is 0 Å². The van der Waals surface area contributed by atoms with E-state index in [0.29, 0.717) is 12.3 Å². The molecule has 0 aromatic rings. The molecule has 84 valence electrons. The Kier molecular flexibility index (Phi) is 3.54. The van der Waals surface area contributed by atoms with Crippen LogP contribution in [-0.2, 0) is 0 Å². The van der Waals surface area contributed by atoms with Gasteiger partial charge in [-0.3, -0.25) is 0 Å². The highest BCUT2D eigenvalue weighted by atomic mass is 19.2. The molecule has 1 aliphatic rings. The zero-order chi connectivity index (χ0) is 10.9. The van der Waals surface area contributed by atoms with Gasteiger partial charge in [0.25, 0.3) is 0 Å². The molecule has 1 rings (SSSR count). The van der Waals surface area contributed by atoms with Crippen molar-refractivity contribution in [1.29, 1.82) is 0 Å². The maximum atomic E-state index is 13.6. The van der Waals surface area contributed by atoms with E-state index < -0.39 is 12.3 Å². The minimum absolute atomic E-state index is 0.0171. The van der Waals surface area contributed by atoms with E-state index in [1.165, 1.54) is 0 Å². The fourth-order valence-electron chi connectivity index (χ4n) is 2.88. The molecule has 1 fully saturated rings. The Morgan fingerprint density at radius 2 is 1.86 bits per heavy atom. The topological polar surface area (TPSA) is 0 Å².